The zero-order valence-corrected chi connectivity index (χ0v) is 20.4. The molecule has 0 unspecified atom stereocenters. The number of hydrogen-bond acceptors (Lipinski definition) is 9. The Morgan fingerprint density at radius 3 is 2.75 bits per heavy atom. The van der Waals surface area contributed by atoms with Gasteiger partial charge >= 0.3 is 0 Å². The summed E-state index contributed by atoms with van der Waals surface area (Å²) in [5.41, 5.74) is 6.32. The van der Waals surface area contributed by atoms with Crippen LogP contribution in [0.15, 0.2) is 52.5 Å². The van der Waals surface area contributed by atoms with Crippen LogP contribution in [0.5, 0.6) is 0 Å². The Balaban J connectivity index is 2.25. The molecule has 0 fully saturated rings. The normalized spacial score (nSPS) is 12.6. The van der Waals surface area contributed by atoms with Crippen LogP contribution >= 0.6 is 0 Å². The number of sulfonamides is 1. The van der Waals surface area contributed by atoms with E-state index in [1.54, 1.807) is 6.07 Å². The Bertz CT molecular complexity index is 1190. The number of nitrogens with two attached hydrogens (primary N) is 1. The van der Waals surface area contributed by atoms with Gasteiger partial charge in [0.2, 0.25) is 22.2 Å². The number of benzene rings is 1. The van der Waals surface area contributed by atoms with Gasteiger partial charge in [0.1, 0.15) is 16.8 Å². The number of halogens is 1. The van der Waals surface area contributed by atoms with Gasteiger partial charge in [0.15, 0.2) is 0 Å². The predicted octanol–water partition coefficient (Wildman–Crippen LogP) is 0.954. The van der Waals surface area contributed by atoms with E-state index in [9.17, 15) is 22.8 Å². The Hall–Kier alpha value is -3.48. The van der Waals surface area contributed by atoms with E-state index >= 15 is 0 Å². The second kappa shape index (κ2) is 14.2. The molecule has 194 valence electrons. The molecule has 0 spiro atoms. The zero-order chi connectivity index (χ0) is 26.6. The number of ether oxygens (including phenoxy) is 1. The SMILES string of the molecule is COCCN/C(=N\C#N)N(O)C(=O)[C@@H](CCCCN)NS(=O)(=O)c1ccc(-c2cccc(F)c2)nc1. The average Bonchev–Trinajstić information content (AvgIpc) is 2.87. The third-order valence-corrected chi connectivity index (χ3v) is 6.32. The summed E-state index contributed by atoms with van der Waals surface area (Å²) in [6, 6.07) is 6.94. The Morgan fingerprint density at radius 1 is 1.36 bits per heavy atom. The topological polar surface area (TPSA) is 183 Å². The monoisotopic (exact) mass is 521 g/mol. The molecule has 12 nitrogen and oxygen atoms in total. The summed E-state index contributed by atoms with van der Waals surface area (Å²) in [4.78, 5) is 20.2. The number of amides is 1. The summed E-state index contributed by atoms with van der Waals surface area (Å²) in [5, 5.41) is 21.9. The predicted molar refractivity (Wildman–Crippen MR) is 128 cm³/mol. The van der Waals surface area contributed by atoms with Crippen LogP contribution in [-0.4, -0.2) is 68.4 Å². The first-order chi connectivity index (χ1) is 17.2. The number of carbonyl (C=O) groups is 1. The van der Waals surface area contributed by atoms with Crippen molar-refractivity contribution >= 4 is 21.9 Å². The van der Waals surface area contributed by atoms with Crippen molar-refractivity contribution in [2.24, 2.45) is 10.7 Å². The first kappa shape index (κ1) is 28.8. The highest BCUT2D eigenvalue weighted by Crippen LogP contribution is 2.20. The van der Waals surface area contributed by atoms with Crippen LogP contribution in [0.4, 0.5) is 4.39 Å². The minimum atomic E-state index is -4.26. The first-order valence-corrected chi connectivity index (χ1v) is 12.4. The minimum absolute atomic E-state index is 0.0129. The number of unbranched alkanes of at least 4 members (excludes halogenated alkanes) is 1. The third kappa shape index (κ3) is 8.33. The fourth-order valence-corrected chi connectivity index (χ4v) is 4.23. The van der Waals surface area contributed by atoms with Gasteiger partial charge in [-0.15, -0.1) is 4.99 Å². The number of methoxy groups -OCH3 is 1. The van der Waals surface area contributed by atoms with E-state index in [4.69, 9.17) is 15.7 Å². The quantitative estimate of drug-likeness (QED) is 0.0789. The molecule has 0 aliphatic carbocycles. The Kier molecular flexibility index (Phi) is 11.3. The molecule has 0 saturated heterocycles. The van der Waals surface area contributed by atoms with Crippen LogP contribution < -0.4 is 15.8 Å². The van der Waals surface area contributed by atoms with E-state index in [2.05, 4.69) is 20.0 Å². The number of nitrogens with zero attached hydrogens (tertiary/aromatic N) is 4. The number of aromatic nitrogens is 1. The second-order valence-corrected chi connectivity index (χ2v) is 9.17. The van der Waals surface area contributed by atoms with Crippen LogP contribution in [0.3, 0.4) is 0 Å². The maximum absolute atomic E-state index is 13.5. The molecule has 0 aliphatic rings. The smallest absolute Gasteiger partial charge is 0.271 e. The molecule has 2 rings (SSSR count). The number of hydroxylamine groups is 2. The molecule has 1 aromatic carbocycles. The summed E-state index contributed by atoms with van der Waals surface area (Å²) in [5.74, 6) is -2.00. The number of hydrogen-bond donors (Lipinski definition) is 4. The van der Waals surface area contributed by atoms with E-state index in [1.165, 1.54) is 43.6 Å². The molecule has 0 saturated carbocycles. The molecule has 1 atom stereocenters. The number of aliphatic imine (C=N–C) groups is 1. The lowest BCUT2D eigenvalue weighted by molar-refractivity contribution is -0.152. The van der Waals surface area contributed by atoms with Gasteiger partial charge < -0.3 is 15.8 Å². The lowest BCUT2D eigenvalue weighted by Gasteiger charge is -2.23. The maximum atomic E-state index is 13.5. The highest BCUT2D eigenvalue weighted by Gasteiger charge is 2.31. The molecule has 0 aliphatic heterocycles. The molecule has 1 heterocycles. The van der Waals surface area contributed by atoms with Gasteiger partial charge in [-0.05, 0) is 43.7 Å². The van der Waals surface area contributed by atoms with Crippen molar-refractivity contribution in [3.05, 3.63) is 48.4 Å². The molecule has 5 N–H and O–H groups in total. The largest absolute Gasteiger partial charge is 0.383 e. The Labute approximate surface area is 208 Å². The fraction of sp³-hybridized carbons (Fsp3) is 0.364. The van der Waals surface area contributed by atoms with Crippen molar-refractivity contribution in [3.8, 4) is 17.5 Å². The van der Waals surface area contributed by atoms with E-state index in [0.717, 1.165) is 6.20 Å². The van der Waals surface area contributed by atoms with Crippen molar-refractivity contribution in [2.75, 3.05) is 26.8 Å². The van der Waals surface area contributed by atoms with Crippen LogP contribution in [0.2, 0.25) is 0 Å². The van der Waals surface area contributed by atoms with Crippen LogP contribution in [0, 0.1) is 17.3 Å². The van der Waals surface area contributed by atoms with Crippen molar-refractivity contribution in [3.63, 3.8) is 0 Å². The molecular weight excluding hydrogens is 493 g/mol. The lowest BCUT2D eigenvalue weighted by atomic mass is 10.1. The van der Waals surface area contributed by atoms with Gasteiger partial charge in [-0.3, -0.25) is 15.0 Å². The molecular formula is C22H28FN7O5S. The Morgan fingerprint density at radius 2 is 2.14 bits per heavy atom. The van der Waals surface area contributed by atoms with E-state index in [0.29, 0.717) is 30.6 Å². The number of nitriles is 1. The number of nitrogens with one attached hydrogen (secondary N) is 2. The number of guanidine groups is 1. The van der Waals surface area contributed by atoms with Gasteiger partial charge in [0.25, 0.3) is 5.91 Å². The summed E-state index contributed by atoms with van der Waals surface area (Å²) in [6.45, 7) is 0.633. The van der Waals surface area contributed by atoms with Gasteiger partial charge in [-0.25, -0.2) is 12.8 Å². The fourth-order valence-electron chi connectivity index (χ4n) is 3.06. The third-order valence-electron chi connectivity index (χ3n) is 4.86. The first-order valence-electron chi connectivity index (χ1n) is 10.9. The van der Waals surface area contributed by atoms with Gasteiger partial charge in [-0.1, -0.05) is 18.6 Å². The molecule has 2 aromatic rings. The van der Waals surface area contributed by atoms with Crippen LogP contribution in [0.25, 0.3) is 11.3 Å². The molecule has 0 radical (unpaired) electrons. The average molecular weight is 522 g/mol. The van der Waals surface area contributed by atoms with Gasteiger partial charge in [0.05, 0.1) is 12.3 Å². The summed E-state index contributed by atoms with van der Waals surface area (Å²) >= 11 is 0. The van der Waals surface area contributed by atoms with Crippen LogP contribution in [0.1, 0.15) is 19.3 Å². The molecule has 1 aromatic heterocycles. The van der Waals surface area contributed by atoms with Gasteiger partial charge in [-0.2, -0.15) is 15.0 Å². The second-order valence-electron chi connectivity index (χ2n) is 7.45. The molecule has 14 heteroatoms. The zero-order valence-electron chi connectivity index (χ0n) is 19.6. The highest BCUT2D eigenvalue weighted by atomic mass is 32.2. The highest BCUT2D eigenvalue weighted by molar-refractivity contribution is 7.89. The van der Waals surface area contributed by atoms with Crippen molar-refractivity contribution in [1.29, 1.82) is 5.26 Å². The minimum Gasteiger partial charge on any atom is -0.383 e. The van der Waals surface area contributed by atoms with Crippen molar-refractivity contribution < 1.29 is 27.5 Å². The summed E-state index contributed by atoms with van der Waals surface area (Å²) < 4.78 is 46.6. The van der Waals surface area contributed by atoms with E-state index in [1.807, 2.05) is 0 Å². The van der Waals surface area contributed by atoms with Gasteiger partial charge in [0, 0.05) is 25.4 Å². The van der Waals surface area contributed by atoms with E-state index < -0.39 is 33.7 Å². The standard InChI is InChI=1S/C22H28FN7O5S/c1-35-12-11-26-22(28-15-25)30(32)21(31)20(7-2-3-10-24)29-36(33,34)18-8-9-19(27-14-18)16-5-4-6-17(23)13-16/h4-6,8-9,13-14,20,29,32H,2-3,7,10-12,24H2,1H3,(H,26,28)/t20-/m1/s1. The maximum Gasteiger partial charge on any atom is 0.271 e. The van der Waals surface area contributed by atoms with Crippen molar-refractivity contribution in [2.45, 2.75) is 30.2 Å². The lowest BCUT2D eigenvalue weighted by Crippen LogP contribution is -2.52. The molecule has 0 bridgehead atoms. The number of rotatable bonds is 12. The molecule has 36 heavy (non-hydrogen) atoms. The van der Waals surface area contributed by atoms with Crippen LogP contribution in [-0.2, 0) is 19.6 Å². The van der Waals surface area contributed by atoms with Crippen molar-refractivity contribution in [1.82, 2.24) is 20.1 Å². The number of pyridine rings is 1. The van der Waals surface area contributed by atoms with E-state index in [-0.39, 0.29) is 29.5 Å². The number of carbonyl (C=O) groups excluding carboxylic acids is 1. The summed E-state index contributed by atoms with van der Waals surface area (Å²) in [7, 11) is -2.83. The summed E-state index contributed by atoms with van der Waals surface area (Å²) in [6.07, 6.45) is 3.44. The molecule has 1 amide bonds.